The highest BCUT2D eigenvalue weighted by atomic mass is 35.5. The molecule has 0 atom stereocenters. The van der Waals surface area contributed by atoms with Gasteiger partial charge in [-0.05, 0) is 36.4 Å². The van der Waals surface area contributed by atoms with Crippen LogP contribution in [0.5, 0.6) is 0 Å². The topological polar surface area (TPSA) is 72.2 Å². The molecule has 4 nitrogen and oxygen atoms in total. The van der Waals surface area contributed by atoms with Crippen molar-refractivity contribution in [3.05, 3.63) is 53.3 Å². The summed E-state index contributed by atoms with van der Waals surface area (Å²) in [6.07, 6.45) is 0. The van der Waals surface area contributed by atoms with Crippen LogP contribution in [0.15, 0.2) is 47.4 Å². The summed E-state index contributed by atoms with van der Waals surface area (Å²) in [6, 6.07) is 9.32. The van der Waals surface area contributed by atoms with Crippen molar-refractivity contribution in [3.8, 4) is 0 Å². The Morgan fingerprint density at radius 3 is 2.32 bits per heavy atom. The molecular weight excluding hydrogens is 291 g/mol. The van der Waals surface area contributed by atoms with E-state index < -0.39 is 15.8 Å². The summed E-state index contributed by atoms with van der Waals surface area (Å²) in [6.45, 7) is 0. The summed E-state index contributed by atoms with van der Waals surface area (Å²) in [5.41, 5.74) is 5.37. The Morgan fingerprint density at radius 2 is 1.74 bits per heavy atom. The molecular formula is C12H10ClFN2O2S. The van der Waals surface area contributed by atoms with Crippen LogP contribution in [0.2, 0.25) is 5.02 Å². The number of sulfonamides is 1. The SMILES string of the molecule is Nc1ccc(NS(=O)(=O)c2ccc(Cl)cc2)cc1F. The second kappa shape index (κ2) is 5.07. The van der Waals surface area contributed by atoms with E-state index in [1.807, 2.05) is 0 Å². The lowest BCUT2D eigenvalue weighted by atomic mass is 10.3. The third-order valence-electron chi connectivity index (χ3n) is 2.38. The molecule has 0 saturated carbocycles. The van der Waals surface area contributed by atoms with E-state index in [0.29, 0.717) is 5.02 Å². The van der Waals surface area contributed by atoms with E-state index in [-0.39, 0.29) is 16.3 Å². The van der Waals surface area contributed by atoms with Crippen LogP contribution >= 0.6 is 11.6 Å². The molecule has 0 saturated heterocycles. The summed E-state index contributed by atoms with van der Waals surface area (Å²) in [7, 11) is -3.78. The lowest BCUT2D eigenvalue weighted by Crippen LogP contribution is -2.13. The van der Waals surface area contributed by atoms with E-state index in [1.54, 1.807) is 0 Å². The van der Waals surface area contributed by atoms with Crippen molar-refractivity contribution in [2.45, 2.75) is 4.90 Å². The summed E-state index contributed by atoms with van der Waals surface area (Å²) in [4.78, 5) is 0.0362. The number of halogens is 2. The zero-order valence-electron chi connectivity index (χ0n) is 9.60. The number of hydrogen-bond donors (Lipinski definition) is 2. The highest BCUT2D eigenvalue weighted by Crippen LogP contribution is 2.20. The molecule has 2 aromatic rings. The van der Waals surface area contributed by atoms with Gasteiger partial charge in [-0.15, -0.1) is 0 Å². The van der Waals surface area contributed by atoms with Crippen LogP contribution in [-0.2, 0) is 10.0 Å². The van der Waals surface area contributed by atoms with Gasteiger partial charge in [-0.3, -0.25) is 4.72 Å². The quantitative estimate of drug-likeness (QED) is 0.856. The first-order chi connectivity index (χ1) is 8.88. The van der Waals surface area contributed by atoms with Crippen LogP contribution in [0.25, 0.3) is 0 Å². The largest absolute Gasteiger partial charge is 0.396 e. The van der Waals surface area contributed by atoms with Crippen molar-refractivity contribution in [1.29, 1.82) is 0 Å². The fourth-order valence-corrected chi connectivity index (χ4v) is 2.59. The van der Waals surface area contributed by atoms with E-state index in [4.69, 9.17) is 17.3 Å². The molecule has 0 spiro atoms. The van der Waals surface area contributed by atoms with Crippen molar-refractivity contribution in [2.24, 2.45) is 0 Å². The molecule has 0 fully saturated rings. The third-order valence-corrected chi connectivity index (χ3v) is 4.03. The molecule has 0 radical (unpaired) electrons. The van der Waals surface area contributed by atoms with Gasteiger partial charge in [0.15, 0.2) is 0 Å². The van der Waals surface area contributed by atoms with Crippen molar-refractivity contribution < 1.29 is 12.8 Å². The number of anilines is 2. The van der Waals surface area contributed by atoms with Crippen LogP contribution in [0.4, 0.5) is 15.8 Å². The molecule has 19 heavy (non-hydrogen) atoms. The molecule has 100 valence electrons. The lowest BCUT2D eigenvalue weighted by molar-refractivity contribution is 0.601. The molecule has 0 amide bonds. The first-order valence-corrected chi connectivity index (χ1v) is 7.08. The van der Waals surface area contributed by atoms with E-state index in [2.05, 4.69) is 4.72 Å². The smallest absolute Gasteiger partial charge is 0.261 e. The summed E-state index contributed by atoms with van der Waals surface area (Å²) in [5.74, 6) is -0.684. The number of benzene rings is 2. The first-order valence-electron chi connectivity index (χ1n) is 5.22. The van der Waals surface area contributed by atoms with Crippen LogP contribution in [0, 0.1) is 5.82 Å². The maximum Gasteiger partial charge on any atom is 0.261 e. The van der Waals surface area contributed by atoms with Gasteiger partial charge >= 0.3 is 0 Å². The van der Waals surface area contributed by atoms with Gasteiger partial charge in [0.1, 0.15) is 5.82 Å². The van der Waals surface area contributed by atoms with Crippen molar-refractivity contribution in [2.75, 3.05) is 10.5 Å². The zero-order chi connectivity index (χ0) is 14.0. The highest BCUT2D eigenvalue weighted by molar-refractivity contribution is 7.92. The predicted octanol–water partition coefficient (Wildman–Crippen LogP) is 2.86. The van der Waals surface area contributed by atoms with Crippen molar-refractivity contribution in [3.63, 3.8) is 0 Å². The Kier molecular flexibility index (Phi) is 3.64. The standard InChI is InChI=1S/C12H10ClFN2O2S/c13-8-1-4-10(5-2-8)19(17,18)16-9-3-6-12(15)11(14)7-9/h1-7,16H,15H2. The van der Waals surface area contributed by atoms with Gasteiger partial charge in [-0.25, -0.2) is 12.8 Å². The minimum atomic E-state index is -3.78. The maximum atomic E-state index is 13.2. The predicted molar refractivity (Wildman–Crippen MR) is 73.1 cm³/mol. The second-order valence-electron chi connectivity index (χ2n) is 3.80. The molecule has 3 N–H and O–H groups in total. The number of nitrogens with one attached hydrogen (secondary N) is 1. The average Bonchev–Trinajstić information content (AvgIpc) is 2.34. The first kappa shape index (κ1) is 13.6. The molecule has 0 unspecified atom stereocenters. The Morgan fingerprint density at radius 1 is 1.11 bits per heavy atom. The Balaban J connectivity index is 2.30. The molecule has 0 bridgehead atoms. The number of hydrogen-bond acceptors (Lipinski definition) is 3. The molecule has 2 aromatic carbocycles. The van der Waals surface area contributed by atoms with Crippen molar-refractivity contribution >= 4 is 33.0 Å². The Bertz CT molecular complexity index is 702. The van der Waals surface area contributed by atoms with Crippen molar-refractivity contribution in [1.82, 2.24) is 0 Å². The Hall–Kier alpha value is -1.79. The minimum absolute atomic E-state index is 0.0362. The number of nitrogens with two attached hydrogens (primary N) is 1. The van der Waals surface area contributed by atoms with Gasteiger partial charge in [0.05, 0.1) is 16.3 Å². The highest BCUT2D eigenvalue weighted by Gasteiger charge is 2.14. The molecule has 2 rings (SSSR count). The van der Waals surface area contributed by atoms with Gasteiger partial charge in [0.2, 0.25) is 0 Å². The molecule has 0 aromatic heterocycles. The maximum absolute atomic E-state index is 13.2. The lowest BCUT2D eigenvalue weighted by Gasteiger charge is -2.08. The molecule has 0 aliphatic rings. The van der Waals surface area contributed by atoms with E-state index >= 15 is 0 Å². The monoisotopic (exact) mass is 300 g/mol. The van der Waals surface area contributed by atoms with Crippen LogP contribution in [0.3, 0.4) is 0 Å². The Labute approximate surface area is 115 Å². The van der Waals surface area contributed by atoms with Crippen LogP contribution in [-0.4, -0.2) is 8.42 Å². The third kappa shape index (κ3) is 3.15. The van der Waals surface area contributed by atoms with Gasteiger partial charge in [-0.1, -0.05) is 11.6 Å². The van der Waals surface area contributed by atoms with Gasteiger partial charge in [-0.2, -0.15) is 0 Å². The van der Waals surface area contributed by atoms with E-state index in [9.17, 15) is 12.8 Å². The summed E-state index contributed by atoms with van der Waals surface area (Å²) < 4.78 is 39.5. The second-order valence-corrected chi connectivity index (χ2v) is 5.91. The summed E-state index contributed by atoms with van der Waals surface area (Å²) in [5, 5.41) is 0.428. The molecule has 0 aliphatic heterocycles. The fourth-order valence-electron chi connectivity index (χ4n) is 1.42. The molecule has 7 heteroatoms. The normalized spacial score (nSPS) is 11.3. The fraction of sp³-hybridized carbons (Fsp3) is 0. The van der Waals surface area contributed by atoms with Gasteiger partial charge in [0, 0.05) is 11.1 Å². The van der Waals surface area contributed by atoms with Gasteiger partial charge in [0.25, 0.3) is 10.0 Å². The summed E-state index contributed by atoms with van der Waals surface area (Å²) >= 11 is 5.68. The van der Waals surface area contributed by atoms with Crippen LogP contribution < -0.4 is 10.5 Å². The van der Waals surface area contributed by atoms with E-state index in [0.717, 1.165) is 6.07 Å². The zero-order valence-corrected chi connectivity index (χ0v) is 11.2. The minimum Gasteiger partial charge on any atom is -0.396 e. The number of nitrogen functional groups attached to an aromatic ring is 1. The van der Waals surface area contributed by atoms with E-state index in [1.165, 1.54) is 36.4 Å². The van der Waals surface area contributed by atoms with Gasteiger partial charge < -0.3 is 5.73 Å². The number of rotatable bonds is 3. The molecule has 0 heterocycles. The van der Waals surface area contributed by atoms with Crippen LogP contribution in [0.1, 0.15) is 0 Å². The average molecular weight is 301 g/mol. The molecule has 0 aliphatic carbocycles.